The number of hydrogen-bond acceptors (Lipinski definition) is 3. The first-order valence-corrected chi connectivity index (χ1v) is 7.17. The molecule has 0 N–H and O–H groups in total. The Kier molecular flexibility index (Phi) is 3.64. The summed E-state index contributed by atoms with van der Waals surface area (Å²) in [5.41, 5.74) is 2.37. The molecule has 2 aromatic rings. The van der Waals surface area contributed by atoms with Gasteiger partial charge in [-0.15, -0.1) is 0 Å². The monoisotopic (exact) mass is 285 g/mol. The fourth-order valence-corrected chi connectivity index (χ4v) is 2.67. The van der Waals surface area contributed by atoms with E-state index in [4.69, 9.17) is 4.74 Å². The van der Waals surface area contributed by atoms with Crippen LogP contribution in [0.5, 0.6) is 5.75 Å². The van der Waals surface area contributed by atoms with Gasteiger partial charge in [0.15, 0.2) is 0 Å². The predicted molar refractivity (Wildman–Crippen MR) is 80.3 cm³/mol. The number of methoxy groups -OCH3 is 1. The van der Waals surface area contributed by atoms with Gasteiger partial charge in [0.25, 0.3) is 5.91 Å². The van der Waals surface area contributed by atoms with Crippen LogP contribution in [0.2, 0.25) is 0 Å². The molecule has 1 aliphatic rings. The molecule has 1 saturated heterocycles. The van der Waals surface area contributed by atoms with Crippen LogP contribution in [0.4, 0.5) is 0 Å². The van der Waals surface area contributed by atoms with Crippen molar-refractivity contribution in [3.8, 4) is 17.0 Å². The smallest absolute Gasteiger partial charge is 0.272 e. The second-order valence-corrected chi connectivity index (χ2v) is 5.27. The molecule has 2 heterocycles. The molecule has 0 atom stereocenters. The van der Waals surface area contributed by atoms with Crippen molar-refractivity contribution in [2.45, 2.75) is 12.8 Å². The highest BCUT2D eigenvalue weighted by atomic mass is 16.5. The van der Waals surface area contributed by atoms with E-state index in [2.05, 4.69) is 5.10 Å². The van der Waals surface area contributed by atoms with E-state index in [1.165, 1.54) is 0 Å². The number of benzene rings is 1. The van der Waals surface area contributed by atoms with Gasteiger partial charge in [-0.25, -0.2) is 0 Å². The van der Waals surface area contributed by atoms with Crippen LogP contribution in [0, 0.1) is 0 Å². The summed E-state index contributed by atoms with van der Waals surface area (Å²) in [6.45, 7) is 1.69. The molecule has 0 unspecified atom stereocenters. The number of nitrogens with zero attached hydrogens (tertiary/aromatic N) is 3. The normalized spacial score (nSPS) is 14.5. The lowest BCUT2D eigenvalue weighted by atomic mass is 10.1. The summed E-state index contributed by atoms with van der Waals surface area (Å²) >= 11 is 0. The third kappa shape index (κ3) is 2.63. The Balaban J connectivity index is 1.91. The molecule has 5 nitrogen and oxygen atoms in total. The Bertz CT molecular complexity index is 657. The van der Waals surface area contributed by atoms with Crippen LogP contribution < -0.4 is 4.74 Å². The average molecular weight is 285 g/mol. The minimum Gasteiger partial charge on any atom is -0.497 e. The van der Waals surface area contributed by atoms with Gasteiger partial charge in [-0.1, -0.05) is 12.1 Å². The molecule has 0 saturated carbocycles. The van der Waals surface area contributed by atoms with Crippen LogP contribution >= 0.6 is 0 Å². The molecule has 0 spiro atoms. The Hall–Kier alpha value is -2.30. The predicted octanol–water partition coefficient (Wildman–Crippen LogP) is 2.33. The van der Waals surface area contributed by atoms with E-state index >= 15 is 0 Å². The SMILES string of the molecule is COc1cccc(-c2cc(C(=O)N3CCCC3)n(C)n2)c1. The van der Waals surface area contributed by atoms with E-state index in [0.29, 0.717) is 5.69 Å². The van der Waals surface area contributed by atoms with Crippen LogP contribution in [0.3, 0.4) is 0 Å². The van der Waals surface area contributed by atoms with Crippen LogP contribution in [-0.2, 0) is 7.05 Å². The maximum absolute atomic E-state index is 12.5. The Morgan fingerprint density at radius 1 is 1.24 bits per heavy atom. The molecule has 0 radical (unpaired) electrons. The highest BCUT2D eigenvalue weighted by Gasteiger charge is 2.23. The number of hydrogen-bond donors (Lipinski definition) is 0. The fraction of sp³-hybridized carbons (Fsp3) is 0.375. The zero-order valence-corrected chi connectivity index (χ0v) is 12.4. The van der Waals surface area contributed by atoms with Gasteiger partial charge in [-0.2, -0.15) is 5.10 Å². The van der Waals surface area contributed by atoms with Crippen molar-refractivity contribution in [1.82, 2.24) is 14.7 Å². The molecule has 1 aliphatic heterocycles. The molecule has 1 aromatic heterocycles. The van der Waals surface area contributed by atoms with Gasteiger partial charge >= 0.3 is 0 Å². The maximum atomic E-state index is 12.5. The Labute approximate surface area is 124 Å². The summed E-state index contributed by atoms with van der Waals surface area (Å²) in [5, 5.41) is 4.46. The first kappa shape index (κ1) is 13.7. The molecular formula is C16H19N3O2. The number of aryl methyl sites for hydroxylation is 1. The van der Waals surface area contributed by atoms with Gasteiger partial charge in [-0.3, -0.25) is 9.48 Å². The number of carbonyl (C=O) groups is 1. The van der Waals surface area contributed by atoms with Crippen LogP contribution in [0.25, 0.3) is 11.3 Å². The summed E-state index contributed by atoms with van der Waals surface area (Å²) in [6, 6.07) is 9.56. The highest BCUT2D eigenvalue weighted by Crippen LogP contribution is 2.24. The number of aromatic nitrogens is 2. The number of rotatable bonds is 3. The second-order valence-electron chi connectivity index (χ2n) is 5.27. The summed E-state index contributed by atoms with van der Waals surface area (Å²) < 4.78 is 6.89. The lowest BCUT2D eigenvalue weighted by molar-refractivity contribution is 0.0782. The fourth-order valence-electron chi connectivity index (χ4n) is 2.67. The number of ether oxygens (including phenoxy) is 1. The zero-order chi connectivity index (χ0) is 14.8. The topological polar surface area (TPSA) is 47.4 Å². The van der Waals surface area contributed by atoms with Crippen molar-refractivity contribution in [3.63, 3.8) is 0 Å². The molecule has 1 fully saturated rings. The average Bonchev–Trinajstić information content (AvgIpc) is 3.16. The third-order valence-corrected chi connectivity index (χ3v) is 3.86. The van der Waals surface area contributed by atoms with Gasteiger partial charge in [0.2, 0.25) is 0 Å². The quantitative estimate of drug-likeness (QED) is 0.869. The van der Waals surface area contributed by atoms with Crippen molar-refractivity contribution in [2.75, 3.05) is 20.2 Å². The van der Waals surface area contributed by atoms with Crippen molar-refractivity contribution in [1.29, 1.82) is 0 Å². The lowest BCUT2D eigenvalue weighted by Crippen LogP contribution is -2.29. The molecule has 3 rings (SSSR count). The van der Waals surface area contributed by atoms with E-state index < -0.39 is 0 Å². The zero-order valence-electron chi connectivity index (χ0n) is 12.4. The van der Waals surface area contributed by atoms with Gasteiger partial charge in [0.05, 0.1) is 12.8 Å². The Morgan fingerprint density at radius 3 is 2.71 bits per heavy atom. The van der Waals surface area contributed by atoms with Gasteiger partial charge in [-0.05, 0) is 31.0 Å². The standard InChI is InChI=1S/C16H19N3O2/c1-18-15(16(20)19-8-3-4-9-19)11-14(17-18)12-6-5-7-13(10-12)21-2/h5-7,10-11H,3-4,8-9H2,1-2H3. The summed E-state index contributed by atoms with van der Waals surface area (Å²) in [4.78, 5) is 14.4. The second kappa shape index (κ2) is 5.60. The minimum absolute atomic E-state index is 0.0663. The lowest BCUT2D eigenvalue weighted by Gasteiger charge is -2.14. The van der Waals surface area contributed by atoms with Crippen LogP contribution in [0.15, 0.2) is 30.3 Å². The van der Waals surface area contributed by atoms with Crippen molar-refractivity contribution >= 4 is 5.91 Å². The van der Waals surface area contributed by atoms with E-state index in [1.54, 1.807) is 11.8 Å². The largest absolute Gasteiger partial charge is 0.497 e. The van der Waals surface area contributed by atoms with Crippen LogP contribution in [0.1, 0.15) is 23.3 Å². The van der Waals surface area contributed by atoms with E-state index in [-0.39, 0.29) is 5.91 Å². The van der Waals surface area contributed by atoms with Gasteiger partial charge < -0.3 is 9.64 Å². The van der Waals surface area contributed by atoms with E-state index in [0.717, 1.165) is 42.9 Å². The van der Waals surface area contributed by atoms with Gasteiger partial charge in [0, 0.05) is 25.7 Å². The van der Waals surface area contributed by atoms with E-state index in [9.17, 15) is 4.79 Å². The molecule has 1 amide bonds. The first-order chi connectivity index (χ1) is 10.2. The highest BCUT2D eigenvalue weighted by molar-refractivity contribution is 5.93. The van der Waals surface area contributed by atoms with Crippen molar-refractivity contribution in [2.24, 2.45) is 7.05 Å². The number of carbonyl (C=O) groups excluding carboxylic acids is 1. The third-order valence-electron chi connectivity index (χ3n) is 3.86. The maximum Gasteiger partial charge on any atom is 0.272 e. The van der Waals surface area contributed by atoms with Crippen molar-refractivity contribution in [3.05, 3.63) is 36.0 Å². The molecule has 0 aliphatic carbocycles. The molecule has 5 heteroatoms. The first-order valence-electron chi connectivity index (χ1n) is 7.17. The summed E-state index contributed by atoms with van der Waals surface area (Å²) in [5.74, 6) is 0.849. The molecule has 110 valence electrons. The molecular weight excluding hydrogens is 266 g/mol. The van der Waals surface area contributed by atoms with Gasteiger partial charge in [0.1, 0.15) is 11.4 Å². The van der Waals surface area contributed by atoms with Crippen LogP contribution in [-0.4, -0.2) is 40.8 Å². The van der Waals surface area contributed by atoms with Crippen molar-refractivity contribution < 1.29 is 9.53 Å². The number of amides is 1. The summed E-state index contributed by atoms with van der Waals surface area (Å²) in [7, 11) is 3.45. The van der Waals surface area contributed by atoms with E-state index in [1.807, 2.05) is 42.3 Å². The summed E-state index contributed by atoms with van der Waals surface area (Å²) in [6.07, 6.45) is 2.18. The molecule has 0 bridgehead atoms. The number of likely N-dealkylation sites (tertiary alicyclic amines) is 1. The molecule has 21 heavy (non-hydrogen) atoms. The minimum atomic E-state index is 0.0663. The molecule has 1 aromatic carbocycles. The Morgan fingerprint density at radius 2 is 2.00 bits per heavy atom.